The third kappa shape index (κ3) is 2.16. The molecule has 1 saturated heterocycles. The first-order chi connectivity index (χ1) is 6.06. The molecule has 0 aliphatic carbocycles. The third-order valence-corrected chi connectivity index (χ3v) is 1.78. The first-order valence-electron chi connectivity index (χ1n) is 3.86. The Morgan fingerprint density at radius 3 is 2.46 bits per heavy atom. The van der Waals surface area contributed by atoms with Gasteiger partial charge in [0.2, 0.25) is 6.29 Å². The highest BCUT2D eigenvalue weighted by atomic mass is 16.7. The van der Waals surface area contributed by atoms with E-state index in [1.54, 1.807) is 0 Å². The minimum atomic E-state index is -1.30. The van der Waals surface area contributed by atoms with Crippen molar-refractivity contribution in [3.05, 3.63) is 0 Å². The summed E-state index contributed by atoms with van der Waals surface area (Å²) in [4.78, 5) is 10.5. The van der Waals surface area contributed by atoms with Gasteiger partial charge in [-0.1, -0.05) is 0 Å². The quantitative estimate of drug-likeness (QED) is 0.437. The zero-order valence-electron chi connectivity index (χ0n) is 7.08. The van der Waals surface area contributed by atoms with Crippen LogP contribution in [0.4, 0.5) is 0 Å². The second kappa shape index (κ2) is 4.01. The number of esters is 1. The van der Waals surface area contributed by atoms with Gasteiger partial charge in [0.15, 0.2) is 0 Å². The van der Waals surface area contributed by atoms with Gasteiger partial charge in [-0.25, -0.2) is 0 Å². The van der Waals surface area contributed by atoms with Gasteiger partial charge in [-0.2, -0.15) is 0 Å². The van der Waals surface area contributed by atoms with Gasteiger partial charge >= 0.3 is 5.97 Å². The average Bonchev–Trinajstić information content (AvgIpc) is 2.32. The number of carbonyl (C=O) groups excluding carboxylic acids is 1. The molecule has 0 bridgehead atoms. The fourth-order valence-electron chi connectivity index (χ4n) is 1.13. The van der Waals surface area contributed by atoms with Crippen molar-refractivity contribution in [1.82, 2.24) is 0 Å². The molecule has 1 aliphatic heterocycles. The van der Waals surface area contributed by atoms with Gasteiger partial charge in [-0.05, 0) is 0 Å². The fourth-order valence-corrected chi connectivity index (χ4v) is 1.13. The van der Waals surface area contributed by atoms with Crippen LogP contribution in [0, 0.1) is 0 Å². The van der Waals surface area contributed by atoms with Crippen LogP contribution in [-0.2, 0) is 14.3 Å². The van der Waals surface area contributed by atoms with Crippen LogP contribution >= 0.6 is 0 Å². The van der Waals surface area contributed by atoms with Crippen LogP contribution in [0.25, 0.3) is 0 Å². The highest BCUT2D eigenvalue weighted by Gasteiger charge is 2.44. The summed E-state index contributed by atoms with van der Waals surface area (Å²) < 4.78 is 9.40. The molecule has 0 aromatic rings. The van der Waals surface area contributed by atoms with Gasteiger partial charge in [0.1, 0.15) is 18.3 Å². The zero-order chi connectivity index (χ0) is 10.0. The minimum Gasteiger partial charge on any atom is -0.433 e. The molecule has 0 aromatic carbocycles. The number of hydrogen-bond acceptors (Lipinski definition) is 6. The van der Waals surface area contributed by atoms with E-state index in [1.807, 2.05) is 0 Å². The Morgan fingerprint density at radius 1 is 1.46 bits per heavy atom. The molecule has 1 rings (SSSR count). The van der Waals surface area contributed by atoms with Crippen LogP contribution in [-0.4, -0.2) is 52.5 Å². The average molecular weight is 192 g/mol. The first-order valence-corrected chi connectivity index (χ1v) is 3.86. The smallest absolute Gasteiger partial charge is 0.305 e. The SMILES string of the molecule is CC(=O)OC1O[C@H](CO)[C@@H](O)[C@H]1O. The molecule has 76 valence electrons. The Hall–Kier alpha value is -0.690. The van der Waals surface area contributed by atoms with E-state index in [1.165, 1.54) is 0 Å². The van der Waals surface area contributed by atoms with Gasteiger partial charge in [-0.3, -0.25) is 4.79 Å². The van der Waals surface area contributed by atoms with E-state index < -0.39 is 37.2 Å². The van der Waals surface area contributed by atoms with Crippen LogP contribution in [0.5, 0.6) is 0 Å². The van der Waals surface area contributed by atoms with Gasteiger partial charge in [0.05, 0.1) is 6.61 Å². The lowest BCUT2D eigenvalue weighted by molar-refractivity contribution is -0.187. The van der Waals surface area contributed by atoms with Gasteiger partial charge in [0.25, 0.3) is 0 Å². The predicted molar refractivity (Wildman–Crippen MR) is 39.5 cm³/mol. The lowest BCUT2D eigenvalue weighted by atomic mass is 10.1. The standard InChI is InChI=1S/C7H12O6/c1-3(9)12-7-6(11)5(10)4(2-8)13-7/h4-8,10-11H,2H2,1H3/t4-,5-,6-,7?/m1/s1. The van der Waals surface area contributed by atoms with Crippen molar-refractivity contribution in [1.29, 1.82) is 0 Å². The Kier molecular flexibility index (Phi) is 3.21. The number of ether oxygens (including phenoxy) is 2. The highest BCUT2D eigenvalue weighted by molar-refractivity contribution is 5.66. The first kappa shape index (κ1) is 10.4. The number of carbonyl (C=O) groups is 1. The van der Waals surface area contributed by atoms with Crippen molar-refractivity contribution in [3.8, 4) is 0 Å². The molecule has 1 unspecified atom stereocenters. The molecule has 3 N–H and O–H groups in total. The molecule has 1 aliphatic rings. The van der Waals surface area contributed by atoms with Crippen molar-refractivity contribution in [2.24, 2.45) is 0 Å². The molecule has 0 radical (unpaired) electrons. The summed E-state index contributed by atoms with van der Waals surface area (Å²) in [7, 11) is 0. The Balaban J connectivity index is 2.55. The largest absolute Gasteiger partial charge is 0.433 e. The summed E-state index contributed by atoms with van der Waals surface area (Å²) in [5.41, 5.74) is 0. The van der Waals surface area contributed by atoms with Crippen LogP contribution in [0.2, 0.25) is 0 Å². The van der Waals surface area contributed by atoms with E-state index in [2.05, 4.69) is 4.74 Å². The Labute approximate surface area is 74.7 Å². The summed E-state index contributed by atoms with van der Waals surface area (Å²) in [6, 6.07) is 0. The summed E-state index contributed by atoms with van der Waals surface area (Å²) in [5.74, 6) is -0.616. The molecule has 0 spiro atoms. The Bertz CT molecular complexity index is 193. The van der Waals surface area contributed by atoms with E-state index in [4.69, 9.17) is 9.84 Å². The lowest BCUT2D eigenvalue weighted by Crippen LogP contribution is -2.35. The van der Waals surface area contributed by atoms with Gasteiger partial charge < -0.3 is 24.8 Å². The Morgan fingerprint density at radius 2 is 2.08 bits per heavy atom. The van der Waals surface area contributed by atoms with Crippen molar-refractivity contribution < 1.29 is 29.6 Å². The molecular formula is C7H12O6. The van der Waals surface area contributed by atoms with Crippen LogP contribution in [0.1, 0.15) is 6.92 Å². The molecule has 1 heterocycles. The maximum absolute atomic E-state index is 10.5. The minimum absolute atomic E-state index is 0.435. The van der Waals surface area contributed by atoms with Crippen molar-refractivity contribution in [3.63, 3.8) is 0 Å². The van der Waals surface area contributed by atoms with E-state index in [0.717, 1.165) is 6.92 Å². The molecule has 1 fully saturated rings. The topological polar surface area (TPSA) is 96.2 Å². The third-order valence-electron chi connectivity index (χ3n) is 1.78. The van der Waals surface area contributed by atoms with Crippen molar-refractivity contribution in [2.45, 2.75) is 31.5 Å². The molecule has 6 heteroatoms. The summed E-state index contributed by atoms with van der Waals surface area (Å²) >= 11 is 0. The van der Waals surface area contributed by atoms with Crippen LogP contribution in [0.3, 0.4) is 0 Å². The molecule has 6 nitrogen and oxygen atoms in total. The van der Waals surface area contributed by atoms with E-state index in [9.17, 15) is 15.0 Å². The monoisotopic (exact) mass is 192 g/mol. The normalized spacial score (nSPS) is 39.1. The number of aliphatic hydroxyl groups is 3. The molecule has 0 aromatic heterocycles. The number of hydrogen-bond donors (Lipinski definition) is 3. The van der Waals surface area contributed by atoms with Gasteiger partial charge in [0, 0.05) is 6.92 Å². The van der Waals surface area contributed by atoms with Crippen LogP contribution < -0.4 is 0 Å². The molecule has 0 amide bonds. The maximum Gasteiger partial charge on any atom is 0.305 e. The van der Waals surface area contributed by atoms with E-state index in [-0.39, 0.29) is 0 Å². The van der Waals surface area contributed by atoms with E-state index >= 15 is 0 Å². The molecule has 4 atom stereocenters. The summed E-state index contributed by atoms with van der Waals surface area (Å²) in [6.07, 6.45) is -4.63. The summed E-state index contributed by atoms with van der Waals surface area (Å²) in [6.45, 7) is 0.727. The maximum atomic E-state index is 10.5. The van der Waals surface area contributed by atoms with Gasteiger partial charge in [-0.15, -0.1) is 0 Å². The van der Waals surface area contributed by atoms with Crippen LogP contribution in [0.15, 0.2) is 0 Å². The fraction of sp³-hybridized carbons (Fsp3) is 0.857. The predicted octanol–water partition coefficient (Wildman–Crippen LogP) is -2.01. The second-order valence-electron chi connectivity index (χ2n) is 2.82. The molecule has 13 heavy (non-hydrogen) atoms. The van der Waals surface area contributed by atoms with Crippen molar-refractivity contribution in [2.75, 3.05) is 6.61 Å². The highest BCUT2D eigenvalue weighted by Crippen LogP contribution is 2.21. The molecular weight excluding hydrogens is 180 g/mol. The molecule has 0 saturated carbocycles. The number of rotatable bonds is 2. The van der Waals surface area contributed by atoms with E-state index in [0.29, 0.717) is 0 Å². The summed E-state index contributed by atoms with van der Waals surface area (Å²) in [5, 5.41) is 27.1. The lowest BCUT2D eigenvalue weighted by Gasteiger charge is -2.13. The zero-order valence-corrected chi connectivity index (χ0v) is 7.08. The number of aliphatic hydroxyl groups excluding tert-OH is 3. The second-order valence-corrected chi connectivity index (χ2v) is 2.82. The van der Waals surface area contributed by atoms with Crippen molar-refractivity contribution >= 4 is 5.97 Å².